The summed E-state index contributed by atoms with van der Waals surface area (Å²) >= 11 is 1.16. The highest BCUT2D eigenvalue weighted by Crippen LogP contribution is 2.27. The second-order valence-electron chi connectivity index (χ2n) is 7.22. The van der Waals surface area contributed by atoms with Crippen LogP contribution in [0.25, 0.3) is 16.6 Å². The zero-order chi connectivity index (χ0) is 22.5. The third-order valence-electron chi connectivity index (χ3n) is 5.06. The van der Waals surface area contributed by atoms with Crippen molar-refractivity contribution in [3.8, 4) is 5.69 Å². The Balaban J connectivity index is 1.70. The Labute approximate surface area is 189 Å². The molecule has 1 atom stereocenters. The molecule has 0 saturated carbocycles. The molecular weight excluding hydrogens is 425 g/mol. The average Bonchev–Trinajstić information content (AvgIpc) is 2.82. The van der Waals surface area contributed by atoms with E-state index < -0.39 is 11.1 Å². The fourth-order valence-corrected chi connectivity index (χ4v) is 4.43. The molecule has 0 aliphatic rings. The Morgan fingerprint density at radius 3 is 2.47 bits per heavy atom. The topological polar surface area (TPSA) is 64.0 Å². The number of carbonyl (C=O) groups is 1. The van der Waals surface area contributed by atoms with Gasteiger partial charge in [-0.05, 0) is 36.2 Å². The zero-order valence-electron chi connectivity index (χ0n) is 17.5. The molecule has 0 bridgehead atoms. The van der Waals surface area contributed by atoms with Gasteiger partial charge in [-0.25, -0.2) is 9.37 Å². The van der Waals surface area contributed by atoms with Gasteiger partial charge in [0.05, 0.1) is 21.8 Å². The van der Waals surface area contributed by atoms with E-state index in [2.05, 4.69) is 10.3 Å². The summed E-state index contributed by atoms with van der Waals surface area (Å²) in [6, 6.07) is 22.6. The van der Waals surface area contributed by atoms with E-state index in [1.807, 2.05) is 37.3 Å². The third kappa shape index (κ3) is 4.57. The van der Waals surface area contributed by atoms with Crippen LogP contribution >= 0.6 is 11.8 Å². The van der Waals surface area contributed by atoms with Crippen LogP contribution < -0.4 is 10.9 Å². The van der Waals surface area contributed by atoms with Crippen molar-refractivity contribution < 1.29 is 9.18 Å². The Morgan fingerprint density at radius 2 is 1.72 bits per heavy atom. The average molecular weight is 448 g/mol. The molecule has 5 nitrogen and oxygen atoms in total. The number of benzene rings is 3. The number of thioether (sulfide) groups is 1. The van der Waals surface area contributed by atoms with Crippen LogP contribution in [0.5, 0.6) is 0 Å². The molecule has 0 aliphatic carbocycles. The Bertz CT molecular complexity index is 1310. The van der Waals surface area contributed by atoms with Crippen LogP contribution in [0.1, 0.15) is 18.9 Å². The number of fused-ring (bicyclic) bond motifs is 1. The lowest BCUT2D eigenvalue weighted by Gasteiger charge is -2.18. The molecule has 1 aromatic heterocycles. The van der Waals surface area contributed by atoms with Gasteiger partial charge >= 0.3 is 0 Å². The summed E-state index contributed by atoms with van der Waals surface area (Å²) in [5.41, 5.74) is 1.24. The van der Waals surface area contributed by atoms with Gasteiger partial charge in [-0.15, -0.1) is 0 Å². The van der Waals surface area contributed by atoms with Crippen LogP contribution in [0, 0.1) is 5.82 Å². The van der Waals surface area contributed by atoms with Crippen LogP contribution in [-0.2, 0) is 11.3 Å². The van der Waals surface area contributed by atoms with Crippen LogP contribution in [0.3, 0.4) is 0 Å². The molecule has 162 valence electrons. The number of amides is 1. The summed E-state index contributed by atoms with van der Waals surface area (Å²) in [7, 11) is 0. The standard InChI is InChI=1S/C25H22FN3O2S/c1-2-22(23(30)27-16-17-10-4-3-5-11-17)32-25-28-20-14-8-6-12-18(20)24(31)29(25)21-15-9-7-13-19(21)26/h3-15,22H,2,16H2,1H3,(H,27,30). The third-order valence-corrected chi connectivity index (χ3v) is 6.38. The van der Waals surface area contributed by atoms with E-state index in [1.54, 1.807) is 36.4 Å². The van der Waals surface area contributed by atoms with Crippen molar-refractivity contribution in [1.82, 2.24) is 14.9 Å². The maximum Gasteiger partial charge on any atom is 0.266 e. The maximum atomic E-state index is 14.6. The van der Waals surface area contributed by atoms with Gasteiger partial charge in [-0.2, -0.15) is 0 Å². The lowest BCUT2D eigenvalue weighted by molar-refractivity contribution is -0.120. The number of nitrogens with zero attached hydrogens (tertiary/aromatic N) is 2. The quantitative estimate of drug-likeness (QED) is 0.329. The first kappa shape index (κ1) is 21.8. The minimum atomic E-state index is -0.532. The second kappa shape index (κ2) is 9.78. The van der Waals surface area contributed by atoms with Gasteiger partial charge in [-0.1, -0.05) is 73.3 Å². The molecule has 4 aromatic rings. The predicted octanol–water partition coefficient (Wildman–Crippen LogP) is 4.71. The van der Waals surface area contributed by atoms with Gasteiger partial charge in [-0.3, -0.25) is 14.2 Å². The normalized spacial score (nSPS) is 11.9. The molecule has 1 amide bonds. The Hall–Kier alpha value is -3.45. The molecule has 0 radical (unpaired) electrons. The van der Waals surface area contributed by atoms with Crippen molar-refractivity contribution in [1.29, 1.82) is 0 Å². The molecule has 1 unspecified atom stereocenters. The van der Waals surface area contributed by atoms with Gasteiger partial charge in [0.15, 0.2) is 5.16 Å². The summed E-state index contributed by atoms with van der Waals surface area (Å²) in [4.78, 5) is 30.8. The highest BCUT2D eigenvalue weighted by Gasteiger charge is 2.23. The van der Waals surface area contributed by atoms with Crippen molar-refractivity contribution >= 4 is 28.6 Å². The number of para-hydroxylation sites is 2. The highest BCUT2D eigenvalue weighted by molar-refractivity contribution is 8.00. The molecule has 1 heterocycles. The second-order valence-corrected chi connectivity index (χ2v) is 8.39. The van der Waals surface area contributed by atoms with E-state index in [0.717, 1.165) is 17.3 Å². The molecular formula is C25H22FN3O2S. The fourth-order valence-electron chi connectivity index (χ4n) is 3.39. The molecule has 32 heavy (non-hydrogen) atoms. The van der Waals surface area contributed by atoms with Crippen LogP contribution in [0.2, 0.25) is 0 Å². The maximum absolute atomic E-state index is 14.6. The highest BCUT2D eigenvalue weighted by atomic mass is 32.2. The summed E-state index contributed by atoms with van der Waals surface area (Å²) < 4.78 is 15.9. The number of hydrogen-bond donors (Lipinski definition) is 1. The van der Waals surface area contributed by atoms with Crippen molar-refractivity contribution in [2.45, 2.75) is 30.3 Å². The number of hydrogen-bond acceptors (Lipinski definition) is 4. The van der Waals surface area contributed by atoms with E-state index in [-0.39, 0.29) is 22.3 Å². The van der Waals surface area contributed by atoms with Crippen molar-refractivity contribution in [3.63, 3.8) is 0 Å². The van der Waals surface area contributed by atoms with E-state index in [0.29, 0.717) is 23.9 Å². The van der Waals surface area contributed by atoms with Gasteiger partial charge in [0.1, 0.15) is 5.82 Å². The number of nitrogens with one attached hydrogen (secondary N) is 1. The molecule has 3 aromatic carbocycles. The van der Waals surface area contributed by atoms with Crippen molar-refractivity contribution in [2.24, 2.45) is 0 Å². The smallest absolute Gasteiger partial charge is 0.266 e. The molecule has 0 fully saturated rings. The summed E-state index contributed by atoms with van der Waals surface area (Å²) in [6.45, 7) is 2.30. The molecule has 0 aliphatic heterocycles. The first-order valence-corrected chi connectivity index (χ1v) is 11.2. The molecule has 1 N–H and O–H groups in total. The predicted molar refractivity (Wildman–Crippen MR) is 126 cm³/mol. The minimum absolute atomic E-state index is 0.109. The van der Waals surface area contributed by atoms with Crippen molar-refractivity contribution in [3.05, 3.63) is 101 Å². The molecule has 7 heteroatoms. The monoisotopic (exact) mass is 447 g/mol. The first-order valence-electron chi connectivity index (χ1n) is 10.3. The number of aromatic nitrogens is 2. The largest absolute Gasteiger partial charge is 0.351 e. The first-order chi connectivity index (χ1) is 15.6. The van der Waals surface area contributed by atoms with E-state index in [1.165, 1.54) is 16.7 Å². The van der Waals surface area contributed by atoms with Crippen molar-refractivity contribution in [2.75, 3.05) is 0 Å². The van der Waals surface area contributed by atoms with Gasteiger partial charge in [0.2, 0.25) is 5.91 Å². The zero-order valence-corrected chi connectivity index (χ0v) is 18.3. The molecule has 0 spiro atoms. The van der Waals surface area contributed by atoms with Gasteiger partial charge in [0, 0.05) is 6.54 Å². The van der Waals surface area contributed by atoms with E-state index >= 15 is 0 Å². The number of halogens is 1. The lowest BCUT2D eigenvalue weighted by Crippen LogP contribution is -2.33. The SMILES string of the molecule is CCC(Sc1nc2ccccc2c(=O)n1-c1ccccc1F)C(=O)NCc1ccccc1. The summed E-state index contributed by atoms with van der Waals surface area (Å²) in [6.07, 6.45) is 0.519. The van der Waals surface area contributed by atoms with Gasteiger partial charge in [0.25, 0.3) is 5.56 Å². The lowest BCUT2D eigenvalue weighted by atomic mass is 10.2. The van der Waals surface area contributed by atoms with Crippen LogP contribution in [0.4, 0.5) is 4.39 Å². The molecule has 4 rings (SSSR count). The van der Waals surface area contributed by atoms with Crippen LogP contribution in [-0.4, -0.2) is 20.7 Å². The molecule has 0 saturated heterocycles. The minimum Gasteiger partial charge on any atom is -0.351 e. The summed E-state index contributed by atoms with van der Waals surface area (Å²) in [5.74, 6) is -0.695. The van der Waals surface area contributed by atoms with E-state index in [4.69, 9.17) is 0 Å². The van der Waals surface area contributed by atoms with E-state index in [9.17, 15) is 14.0 Å². The fraction of sp³-hybridized carbons (Fsp3) is 0.160. The summed E-state index contributed by atoms with van der Waals surface area (Å²) in [5, 5.41) is 3.12. The van der Waals surface area contributed by atoms with Crippen LogP contribution in [0.15, 0.2) is 88.8 Å². The number of rotatable bonds is 7. The van der Waals surface area contributed by atoms with Gasteiger partial charge < -0.3 is 5.32 Å². The Morgan fingerprint density at radius 1 is 1.03 bits per heavy atom. The Kier molecular flexibility index (Phi) is 6.66. The number of carbonyl (C=O) groups excluding carboxylic acids is 1.